The van der Waals surface area contributed by atoms with Crippen LogP contribution in [0.2, 0.25) is 5.15 Å². The Morgan fingerprint density at radius 1 is 1.29 bits per heavy atom. The summed E-state index contributed by atoms with van der Waals surface area (Å²) in [5.74, 6) is 0.788. The third-order valence-corrected chi connectivity index (χ3v) is 4.29. The average molecular weight is 307 g/mol. The van der Waals surface area contributed by atoms with Crippen LogP contribution in [-0.2, 0) is 0 Å². The first-order valence-corrected chi connectivity index (χ1v) is 7.48. The topological polar surface area (TPSA) is 50.3 Å². The van der Waals surface area contributed by atoms with E-state index in [2.05, 4.69) is 27.2 Å². The molecule has 1 aliphatic rings. The minimum absolute atomic E-state index is 0.455. The first-order valence-electron chi connectivity index (χ1n) is 7.10. The Labute approximate surface area is 129 Å². The molecule has 2 aromatic rings. The number of ether oxygens (including phenoxy) is 1. The van der Waals surface area contributed by atoms with Gasteiger partial charge in [-0.15, -0.1) is 0 Å². The molecule has 0 atom stereocenters. The Hall–Kier alpha value is -1.59. The van der Waals surface area contributed by atoms with E-state index >= 15 is 0 Å². The van der Waals surface area contributed by atoms with Crippen LogP contribution in [0.5, 0.6) is 5.75 Å². The number of hydrogen-bond acceptors (Lipinski definition) is 5. The Balaban J connectivity index is 1.91. The standard InChI is InChI=1S/C15H19ClN4O/c1-20-5-3-10(4-6-20)19-13-7-11-12(8-14(13)21-2)17-9-18-15(11)16/h7-10,19H,3-6H2,1-2H3. The van der Waals surface area contributed by atoms with Crippen LogP contribution < -0.4 is 10.1 Å². The van der Waals surface area contributed by atoms with Gasteiger partial charge in [0, 0.05) is 17.5 Å². The number of nitrogens with zero attached hydrogens (tertiary/aromatic N) is 3. The summed E-state index contributed by atoms with van der Waals surface area (Å²) in [5.41, 5.74) is 1.75. The highest BCUT2D eigenvalue weighted by Gasteiger charge is 2.18. The molecule has 6 heteroatoms. The van der Waals surface area contributed by atoms with Crippen LogP contribution in [0.3, 0.4) is 0 Å². The quantitative estimate of drug-likeness (QED) is 0.884. The van der Waals surface area contributed by atoms with Crippen molar-refractivity contribution in [3.63, 3.8) is 0 Å². The molecule has 0 saturated carbocycles. The molecule has 1 fully saturated rings. The number of methoxy groups -OCH3 is 1. The van der Waals surface area contributed by atoms with E-state index in [9.17, 15) is 0 Å². The van der Waals surface area contributed by atoms with Gasteiger partial charge in [0.05, 0.1) is 18.3 Å². The maximum absolute atomic E-state index is 6.16. The van der Waals surface area contributed by atoms with Crippen LogP contribution in [0.1, 0.15) is 12.8 Å². The van der Waals surface area contributed by atoms with Crippen molar-refractivity contribution in [2.24, 2.45) is 0 Å². The molecule has 2 heterocycles. The number of anilines is 1. The molecule has 1 aromatic carbocycles. The summed E-state index contributed by atoms with van der Waals surface area (Å²) in [5, 5.41) is 4.88. The zero-order valence-corrected chi connectivity index (χ0v) is 13.0. The van der Waals surface area contributed by atoms with E-state index < -0.39 is 0 Å². The Bertz CT molecular complexity index is 641. The molecule has 5 nitrogen and oxygen atoms in total. The highest BCUT2D eigenvalue weighted by atomic mass is 35.5. The van der Waals surface area contributed by atoms with Gasteiger partial charge in [-0.05, 0) is 39.0 Å². The summed E-state index contributed by atoms with van der Waals surface area (Å²) in [6, 6.07) is 4.34. The molecule has 0 radical (unpaired) electrons. The van der Waals surface area contributed by atoms with Gasteiger partial charge in [0.2, 0.25) is 0 Å². The largest absolute Gasteiger partial charge is 0.495 e. The minimum atomic E-state index is 0.455. The van der Waals surface area contributed by atoms with Crippen molar-refractivity contribution in [3.8, 4) is 5.75 Å². The molecule has 1 saturated heterocycles. The number of nitrogens with one attached hydrogen (secondary N) is 1. The SMILES string of the molecule is COc1cc2ncnc(Cl)c2cc1NC1CCN(C)CC1. The van der Waals surface area contributed by atoms with Gasteiger partial charge in [0.1, 0.15) is 17.2 Å². The lowest BCUT2D eigenvalue weighted by molar-refractivity contribution is 0.263. The molecule has 0 spiro atoms. The first-order chi connectivity index (χ1) is 10.2. The van der Waals surface area contributed by atoms with Crippen LogP contribution in [0, 0.1) is 0 Å². The van der Waals surface area contributed by atoms with Gasteiger partial charge in [-0.1, -0.05) is 11.6 Å². The first kappa shape index (κ1) is 14.4. The molecule has 1 aromatic heterocycles. The van der Waals surface area contributed by atoms with E-state index in [1.165, 1.54) is 6.33 Å². The van der Waals surface area contributed by atoms with Crippen LogP contribution in [0.4, 0.5) is 5.69 Å². The highest BCUT2D eigenvalue weighted by molar-refractivity contribution is 6.34. The summed E-state index contributed by atoms with van der Waals surface area (Å²) in [6.07, 6.45) is 3.71. The number of rotatable bonds is 3. The monoisotopic (exact) mass is 306 g/mol. The number of benzene rings is 1. The summed E-state index contributed by atoms with van der Waals surface area (Å²) >= 11 is 6.16. The van der Waals surface area contributed by atoms with E-state index in [0.717, 1.165) is 48.3 Å². The lowest BCUT2D eigenvalue weighted by Crippen LogP contribution is -2.36. The number of halogens is 1. The van der Waals surface area contributed by atoms with E-state index in [1.54, 1.807) is 7.11 Å². The molecule has 0 bridgehead atoms. The summed E-state index contributed by atoms with van der Waals surface area (Å²) in [6.45, 7) is 2.22. The lowest BCUT2D eigenvalue weighted by Gasteiger charge is -2.30. The summed E-state index contributed by atoms with van der Waals surface area (Å²) < 4.78 is 5.48. The molecular formula is C15H19ClN4O. The number of aromatic nitrogens is 2. The van der Waals surface area contributed by atoms with Gasteiger partial charge in [0.25, 0.3) is 0 Å². The summed E-state index contributed by atoms with van der Waals surface area (Å²) in [4.78, 5) is 10.6. The number of fused-ring (bicyclic) bond motifs is 1. The maximum atomic E-state index is 6.16. The van der Waals surface area contributed by atoms with Crippen molar-refractivity contribution in [1.82, 2.24) is 14.9 Å². The van der Waals surface area contributed by atoms with Crippen molar-refractivity contribution in [3.05, 3.63) is 23.6 Å². The fourth-order valence-electron chi connectivity index (χ4n) is 2.71. The van der Waals surface area contributed by atoms with Gasteiger partial charge in [0.15, 0.2) is 0 Å². The second-order valence-electron chi connectivity index (χ2n) is 5.46. The second kappa shape index (κ2) is 6.03. The van der Waals surface area contributed by atoms with Crippen molar-refractivity contribution in [2.45, 2.75) is 18.9 Å². The molecule has 112 valence electrons. The van der Waals surface area contributed by atoms with Gasteiger partial charge in [-0.2, -0.15) is 0 Å². The zero-order chi connectivity index (χ0) is 14.8. The van der Waals surface area contributed by atoms with Gasteiger partial charge in [-0.25, -0.2) is 9.97 Å². The molecular weight excluding hydrogens is 288 g/mol. The smallest absolute Gasteiger partial charge is 0.144 e. The van der Waals surface area contributed by atoms with Gasteiger partial charge < -0.3 is 15.0 Å². The minimum Gasteiger partial charge on any atom is -0.495 e. The fourth-order valence-corrected chi connectivity index (χ4v) is 2.90. The molecule has 1 N–H and O–H groups in total. The van der Waals surface area contributed by atoms with Crippen molar-refractivity contribution >= 4 is 28.2 Å². The van der Waals surface area contributed by atoms with Gasteiger partial charge in [-0.3, -0.25) is 0 Å². The van der Waals surface area contributed by atoms with Gasteiger partial charge >= 0.3 is 0 Å². The van der Waals surface area contributed by atoms with Crippen LogP contribution in [0.15, 0.2) is 18.5 Å². The van der Waals surface area contributed by atoms with Crippen molar-refractivity contribution in [2.75, 3.05) is 32.6 Å². The highest BCUT2D eigenvalue weighted by Crippen LogP contribution is 2.33. The third-order valence-electron chi connectivity index (χ3n) is 3.99. The predicted molar refractivity (Wildman–Crippen MR) is 85.2 cm³/mol. The number of piperidine rings is 1. The van der Waals surface area contributed by atoms with Crippen molar-refractivity contribution < 1.29 is 4.74 Å². The predicted octanol–water partition coefficient (Wildman–Crippen LogP) is 2.80. The van der Waals surface area contributed by atoms with E-state index in [0.29, 0.717) is 11.2 Å². The second-order valence-corrected chi connectivity index (χ2v) is 5.81. The molecule has 3 rings (SSSR count). The fraction of sp³-hybridized carbons (Fsp3) is 0.467. The number of hydrogen-bond donors (Lipinski definition) is 1. The van der Waals surface area contributed by atoms with E-state index in [1.807, 2.05) is 12.1 Å². The molecule has 0 aliphatic carbocycles. The average Bonchev–Trinajstić information content (AvgIpc) is 2.50. The normalized spacial score (nSPS) is 17.1. The summed E-state index contributed by atoms with van der Waals surface area (Å²) in [7, 11) is 3.83. The molecule has 1 aliphatic heterocycles. The Morgan fingerprint density at radius 2 is 2.05 bits per heavy atom. The lowest BCUT2D eigenvalue weighted by atomic mass is 10.0. The van der Waals surface area contributed by atoms with E-state index in [-0.39, 0.29) is 0 Å². The molecule has 0 unspecified atom stereocenters. The van der Waals surface area contributed by atoms with Crippen molar-refractivity contribution in [1.29, 1.82) is 0 Å². The maximum Gasteiger partial charge on any atom is 0.144 e. The number of likely N-dealkylation sites (tertiary alicyclic amines) is 1. The molecule has 21 heavy (non-hydrogen) atoms. The zero-order valence-electron chi connectivity index (χ0n) is 12.3. The van der Waals surface area contributed by atoms with Crippen LogP contribution >= 0.6 is 11.6 Å². The van der Waals surface area contributed by atoms with Crippen LogP contribution in [-0.4, -0.2) is 48.2 Å². The Kier molecular flexibility index (Phi) is 4.12. The van der Waals surface area contributed by atoms with Crippen LogP contribution in [0.25, 0.3) is 10.9 Å². The third kappa shape index (κ3) is 3.04. The molecule has 0 amide bonds. The Morgan fingerprint density at radius 3 is 2.76 bits per heavy atom. The van der Waals surface area contributed by atoms with E-state index in [4.69, 9.17) is 16.3 Å².